The van der Waals surface area contributed by atoms with Gasteiger partial charge in [-0.1, -0.05) is 30.3 Å². The number of hydrogen-bond donors (Lipinski definition) is 1. The molecule has 3 heterocycles. The number of carbonyl (C=O) groups is 1. The first kappa shape index (κ1) is 18.1. The Hall–Kier alpha value is -3.94. The normalized spacial score (nSPS) is 14.3. The van der Waals surface area contributed by atoms with Gasteiger partial charge in [-0.15, -0.1) is 15.3 Å². The highest BCUT2D eigenvalue weighted by Crippen LogP contribution is 2.22. The molecule has 2 N–H and O–H groups in total. The van der Waals surface area contributed by atoms with Crippen molar-refractivity contribution < 1.29 is 4.79 Å². The van der Waals surface area contributed by atoms with Crippen LogP contribution in [0.25, 0.3) is 17.0 Å². The molecule has 1 amide bonds. The van der Waals surface area contributed by atoms with E-state index in [0.717, 1.165) is 54.7 Å². The molecule has 2 aromatic carbocycles. The zero-order chi connectivity index (χ0) is 20.5. The second-order valence-corrected chi connectivity index (χ2v) is 7.24. The minimum atomic E-state index is -0.406. The molecule has 0 aliphatic carbocycles. The monoisotopic (exact) mass is 399 g/mol. The minimum absolute atomic E-state index is 0.406. The zero-order valence-electron chi connectivity index (χ0n) is 16.3. The molecular formula is C22H21N7O. The van der Waals surface area contributed by atoms with Gasteiger partial charge in [0, 0.05) is 43.0 Å². The highest BCUT2D eigenvalue weighted by Gasteiger charge is 2.20. The largest absolute Gasteiger partial charge is 0.368 e. The lowest BCUT2D eigenvalue weighted by Crippen LogP contribution is -2.47. The van der Waals surface area contributed by atoms with Gasteiger partial charge in [-0.3, -0.25) is 4.79 Å². The van der Waals surface area contributed by atoms with Crippen LogP contribution in [0, 0.1) is 0 Å². The molecule has 0 atom stereocenters. The minimum Gasteiger partial charge on any atom is -0.368 e. The maximum Gasteiger partial charge on any atom is 0.248 e. The van der Waals surface area contributed by atoms with E-state index >= 15 is 0 Å². The maximum atomic E-state index is 11.3. The number of hydrogen-bond acceptors (Lipinski definition) is 6. The molecular weight excluding hydrogens is 378 g/mol. The predicted molar refractivity (Wildman–Crippen MR) is 116 cm³/mol. The van der Waals surface area contributed by atoms with Crippen LogP contribution in [-0.2, 0) is 0 Å². The number of amides is 1. The fraction of sp³-hybridized carbons (Fsp3) is 0.182. The number of anilines is 2. The molecule has 5 rings (SSSR count). The molecule has 1 aliphatic heterocycles. The molecule has 8 heteroatoms. The Morgan fingerprint density at radius 2 is 1.50 bits per heavy atom. The van der Waals surface area contributed by atoms with Crippen molar-refractivity contribution in [3.8, 4) is 11.4 Å². The van der Waals surface area contributed by atoms with Crippen LogP contribution in [0.3, 0.4) is 0 Å². The lowest BCUT2D eigenvalue weighted by molar-refractivity contribution is 0.100. The predicted octanol–water partition coefficient (Wildman–Crippen LogP) is 2.22. The van der Waals surface area contributed by atoms with Crippen LogP contribution >= 0.6 is 0 Å². The van der Waals surface area contributed by atoms with Crippen LogP contribution in [0.15, 0.2) is 66.7 Å². The molecule has 1 aliphatic rings. The molecule has 30 heavy (non-hydrogen) atoms. The summed E-state index contributed by atoms with van der Waals surface area (Å²) < 4.78 is 1.81. The van der Waals surface area contributed by atoms with Crippen molar-refractivity contribution in [2.45, 2.75) is 0 Å². The quantitative estimate of drug-likeness (QED) is 0.566. The molecule has 1 fully saturated rings. The number of aromatic nitrogens is 4. The third-order valence-corrected chi connectivity index (χ3v) is 5.40. The Balaban J connectivity index is 1.34. The first-order chi connectivity index (χ1) is 14.7. The van der Waals surface area contributed by atoms with Crippen molar-refractivity contribution >= 4 is 23.1 Å². The number of carbonyl (C=O) groups excluding carboxylic acids is 1. The SMILES string of the molecule is NC(=O)c1ccc(N2CCN(c3ccc4nnc(-c5ccccc5)n4n3)CC2)cc1. The summed E-state index contributed by atoms with van der Waals surface area (Å²) in [5, 5.41) is 13.4. The van der Waals surface area contributed by atoms with Gasteiger partial charge < -0.3 is 15.5 Å². The van der Waals surface area contributed by atoms with Crippen LogP contribution in [-0.4, -0.2) is 51.9 Å². The van der Waals surface area contributed by atoms with Gasteiger partial charge in [-0.25, -0.2) is 0 Å². The summed E-state index contributed by atoms with van der Waals surface area (Å²) in [4.78, 5) is 15.8. The van der Waals surface area contributed by atoms with Crippen LogP contribution < -0.4 is 15.5 Å². The number of piperazine rings is 1. The Morgan fingerprint density at radius 1 is 0.800 bits per heavy atom. The topological polar surface area (TPSA) is 92.7 Å². The molecule has 4 aromatic rings. The number of benzene rings is 2. The number of fused-ring (bicyclic) bond motifs is 1. The van der Waals surface area contributed by atoms with E-state index in [0.29, 0.717) is 5.56 Å². The Kier molecular flexibility index (Phi) is 4.51. The highest BCUT2D eigenvalue weighted by atomic mass is 16.1. The zero-order valence-corrected chi connectivity index (χ0v) is 16.3. The number of primary amides is 1. The van der Waals surface area contributed by atoms with Gasteiger partial charge in [-0.05, 0) is 36.4 Å². The molecule has 0 unspecified atom stereocenters. The fourth-order valence-corrected chi connectivity index (χ4v) is 3.75. The van der Waals surface area contributed by atoms with E-state index < -0.39 is 5.91 Å². The summed E-state index contributed by atoms with van der Waals surface area (Å²) in [6.07, 6.45) is 0. The smallest absolute Gasteiger partial charge is 0.248 e. The molecule has 8 nitrogen and oxygen atoms in total. The molecule has 0 radical (unpaired) electrons. The van der Waals surface area contributed by atoms with Gasteiger partial charge >= 0.3 is 0 Å². The van der Waals surface area contributed by atoms with Gasteiger partial charge in [0.05, 0.1) is 0 Å². The number of nitrogens with two attached hydrogens (primary N) is 1. The van der Waals surface area contributed by atoms with Crippen molar-refractivity contribution in [2.75, 3.05) is 36.0 Å². The van der Waals surface area contributed by atoms with E-state index in [-0.39, 0.29) is 0 Å². The third kappa shape index (κ3) is 3.32. The van der Waals surface area contributed by atoms with Crippen LogP contribution in [0.5, 0.6) is 0 Å². The second-order valence-electron chi connectivity index (χ2n) is 7.24. The molecule has 1 saturated heterocycles. The number of rotatable bonds is 4. The van der Waals surface area contributed by atoms with Gasteiger partial charge in [0.2, 0.25) is 5.91 Å². The van der Waals surface area contributed by atoms with Gasteiger partial charge in [0.25, 0.3) is 0 Å². The van der Waals surface area contributed by atoms with Gasteiger partial charge in [-0.2, -0.15) is 4.52 Å². The lowest BCUT2D eigenvalue weighted by Gasteiger charge is -2.36. The van der Waals surface area contributed by atoms with Crippen molar-refractivity contribution in [1.29, 1.82) is 0 Å². The van der Waals surface area contributed by atoms with E-state index in [1.165, 1.54) is 0 Å². The van der Waals surface area contributed by atoms with E-state index in [2.05, 4.69) is 20.0 Å². The standard InChI is InChI=1S/C22H21N7O/c23-21(30)16-6-8-18(9-7-16)27-12-14-28(15-13-27)20-11-10-19-24-25-22(29(19)26-20)17-4-2-1-3-5-17/h1-11H,12-15H2,(H2,23,30). The molecule has 0 spiro atoms. The van der Waals surface area contributed by atoms with E-state index in [9.17, 15) is 4.79 Å². The second kappa shape index (κ2) is 7.47. The third-order valence-electron chi connectivity index (χ3n) is 5.40. The summed E-state index contributed by atoms with van der Waals surface area (Å²) in [6, 6.07) is 21.4. The Morgan fingerprint density at radius 3 is 2.20 bits per heavy atom. The van der Waals surface area contributed by atoms with Gasteiger partial charge in [0.15, 0.2) is 11.5 Å². The molecule has 150 valence electrons. The average molecular weight is 399 g/mol. The van der Waals surface area contributed by atoms with E-state index in [1.807, 2.05) is 54.6 Å². The van der Waals surface area contributed by atoms with Crippen molar-refractivity contribution in [2.24, 2.45) is 5.73 Å². The van der Waals surface area contributed by atoms with Crippen molar-refractivity contribution in [3.05, 3.63) is 72.3 Å². The van der Waals surface area contributed by atoms with Crippen molar-refractivity contribution in [1.82, 2.24) is 19.8 Å². The van der Waals surface area contributed by atoms with Crippen LogP contribution in [0.4, 0.5) is 11.5 Å². The summed E-state index contributed by atoms with van der Waals surface area (Å²) >= 11 is 0. The first-order valence-electron chi connectivity index (χ1n) is 9.87. The lowest BCUT2D eigenvalue weighted by atomic mass is 10.1. The maximum absolute atomic E-state index is 11.3. The molecule has 0 bridgehead atoms. The summed E-state index contributed by atoms with van der Waals surface area (Å²) in [5.74, 6) is 1.24. The average Bonchev–Trinajstić information content (AvgIpc) is 3.23. The van der Waals surface area contributed by atoms with Gasteiger partial charge in [0.1, 0.15) is 5.82 Å². The fourth-order valence-electron chi connectivity index (χ4n) is 3.75. The summed E-state index contributed by atoms with van der Waals surface area (Å²) in [7, 11) is 0. The van der Waals surface area contributed by atoms with Crippen LogP contribution in [0.1, 0.15) is 10.4 Å². The number of nitrogens with zero attached hydrogens (tertiary/aromatic N) is 6. The Bertz CT molecular complexity index is 1180. The van der Waals surface area contributed by atoms with E-state index in [4.69, 9.17) is 10.8 Å². The molecule has 2 aromatic heterocycles. The summed E-state index contributed by atoms with van der Waals surface area (Å²) in [5.41, 5.74) is 8.66. The van der Waals surface area contributed by atoms with E-state index in [1.54, 1.807) is 16.6 Å². The highest BCUT2D eigenvalue weighted by molar-refractivity contribution is 5.93. The van der Waals surface area contributed by atoms with Crippen molar-refractivity contribution in [3.63, 3.8) is 0 Å². The summed E-state index contributed by atoms with van der Waals surface area (Å²) in [6.45, 7) is 3.42. The first-order valence-corrected chi connectivity index (χ1v) is 9.87. The Labute approximate surface area is 173 Å². The van der Waals surface area contributed by atoms with Crippen LogP contribution in [0.2, 0.25) is 0 Å². The molecule has 0 saturated carbocycles.